The molecule has 0 spiro atoms. The highest BCUT2D eigenvalue weighted by Gasteiger charge is 2.22. The van der Waals surface area contributed by atoms with Gasteiger partial charge in [0.15, 0.2) is 0 Å². The van der Waals surface area contributed by atoms with Crippen LogP contribution in [0.4, 0.5) is 0 Å². The van der Waals surface area contributed by atoms with Gasteiger partial charge in [0.1, 0.15) is 11.5 Å². The Morgan fingerprint density at radius 2 is 0.593 bits per heavy atom. The van der Waals surface area contributed by atoms with Gasteiger partial charge in [0, 0.05) is 18.3 Å². The Kier molecular flexibility index (Phi) is 31.5. The quantitative estimate of drug-likeness (QED) is 0.0514. The van der Waals surface area contributed by atoms with E-state index < -0.39 is 0 Å². The van der Waals surface area contributed by atoms with Gasteiger partial charge in [-0.3, -0.25) is 9.59 Å². The van der Waals surface area contributed by atoms with Crippen molar-refractivity contribution in [3.63, 3.8) is 0 Å². The number of unbranched alkanes of at least 4 members (excludes halogenated alkanes) is 28. The zero-order valence-electron chi connectivity index (χ0n) is 38.1. The number of aryl methyl sites for hydroxylation is 2. The molecule has 336 valence electrons. The average Bonchev–Trinajstić information content (AvgIpc) is 3.23. The van der Waals surface area contributed by atoms with E-state index in [4.69, 9.17) is 9.47 Å². The first-order valence-electron chi connectivity index (χ1n) is 24.6. The van der Waals surface area contributed by atoms with Crippen LogP contribution in [0.5, 0.6) is 11.5 Å². The molecule has 2 aromatic rings. The molecular formula is C53H88O6. The minimum absolute atomic E-state index is 0.139. The normalized spacial score (nSPS) is 11.6. The molecule has 2 N–H and O–H groups in total. The van der Waals surface area contributed by atoms with Crippen LogP contribution in [0.1, 0.15) is 230 Å². The first kappa shape index (κ1) is 52.1. The molecule has 6 nitrogen and oxygen atoms in total. The fourth-order valence-electron chi connectivity index (χ4n) is 7.86. The summed E-state index contributed by atoms with van der Waals surface area (Å²) < 4.78 is 11.1. The van der Waals surface area contributed by atoms with Crippen molar-refractivity contribution in [2.45, 2.75) is 232 Å². The lowest BCUT2D eigenvalue weighted by Gasteiger charge is -2.23. The van der Waals surface area contributed by atoms with Gasteiger partial charge in [-0.25, -0.2) is 0 Å². The third-order valence-electron chi connectivity index (χ3n) is 11.8. The Hall–Kier alpha value is -3.02. The van der Waals surface area contributed by atoms with Gasteiger partial charge in [0.25, 0.3) is 0 Å². The van der Waals surface area contributed by atoms with Gasteiger partial charge < -0.3 is 19.7 Å². The maximum atomic E-state index is 12.3. The number of rotatable bonds is 40. The Balaban J connectivity index is 1.25. The summed E-state index contributed by atoms with van der Waals surface area (Å²) in [7, 11) is 0. The summed E-state index contributed by atoms with van der Waals surface area (Å²) >= 11 is 0. The van der Waals surface area contributed by atoms with E-state index >= 15 is 0 Å². The number of hydrogen-bond donors (Lipinski definition) is 2. The van der Waals surface area contributed by atoms with Gasteiger partial charge in [-0.15, -0.1) is 0 Å². The van der Waals surface area contributed by atoms with Gasteiger partial charge in [0.2, 0.25) is 0 Å². The van der Waals surface area contributed by atoms with Crippen molar-refractivity contribution < 1.29 is 29.3 Å². The zero-order chi connectivity index (χ0) is 42.5. The summed E-state index contributed by atoms with van der Waals surface area (Å²) in [5, 5.41) is 18.8. The summed E-state index contributed by atoms with van der Waals surface area (Å²) in [5.41, 5.74) is 2.27. The molecule has 0 heterocycles. The molecule has 0 unspecified atom stereocenters. The number of esters is 2. The number of phenolic OH excluding ortho intramolecular Hbond substituents is 2. The molecule has 0 atom stereocenters. The van der Waals surface area contributed by atoms with E-state index in [1.54, 1.807) is 24.3 Å². The van der Waals surface area contributed by atoms with Crippen LogP contribution in [0.25, 0.3) is 0 Å². The van der Waals surface area contributed by atoms with E-state index in [2.05, 4.69) is 0 Å². The van der Waals surface area contributed by atoms with Crippen LogP contribution < -0.4 is 0 Å². The highest BCUT2D eigenvalue weighted by atomic mass is 16.5. The molecule has 2 aromatic carbocycles. The maximum absolute atomic E-state index is 12.3. The molecule has 0 fully saturated rings. The molecule has 0 bridgehead atoms. The number of benzene rings is 2. The molecule has 0 aliphatic heterocycles. The Bertz CT molecular complexity index is 1170. The van der Waals surface area contributed by atoms with Gasteiger partial charge in [0.05, 0.1) is 13.2 Å². The second-order valence-electron chi connectivity index (χ2n) is 18.4. The van der Waals surface area contributed by atoms with E-state index in [0.29, 0.717) is 24.3 Å². The van der Waals surface area contributed by atoms with Crippen LogP contribution in [0, 0.1) is 5.41 Å². The van der Waals surface area contributed by atoms with Gasteiger partial charge in [-0.2, -0.15) is 0 Å². The first-order chi connectivity index (χ1) is 28.7. The summed E-state index contributed by atoms with van der Waals surface area (Å²) in [4.78, 5) is 24.6. The predicted octanol–water partition coefficient (Wildman–Crippen LogP) is 15.5. The van der Waals surface area contributed by atoms with E-state index in [9.17, 15) is 19.8 Å². The third-order valence-corrected chi connectivity index (χ3v) is 11.8. The summed E-state index contributed by atoms with van der Waals surface area (Å²) in [6.45, 7) is 4.54. The Morgan fingerprint density at radius 1 is 0.373 bits per heavy atom. The molecule has 0 saturated carbocycles. The van der Waals surface area contributed by atoms with Crippen molar-refractivity contribution in [1.29, 1.82) is 0 Å². The lowest BCUT2D eigenvalue weighted by atomic mass is 9.96. The second kappa shape index (κ2) is 35.7. The van der Waals surface area contributed by atoms with Crippen LogP contribution in [0.2, 0.25) is 0 Å². The number of phenols is 2. The number of carbonyl (C=O) groups is 2. The highest BCUT2D eigenvalue weighted by Crippen LogP contribution is 2.20. The van der Waals surface area contributed by atoms with Crippen molar-refractivity contribution in [2.24, 2.45) is 5.41 Å². The molecular weight excluding hydrogens is 733 g/mol. The van der Waals surface area contributed by atoms with E-state index in [-0.39, 0.29) is 30.6 Å². The van der Waals surface area contributed by atoms with E-state index in [1.807, 2.05) is 38.1 Å². The van der Waals surface area contributed by atoms with E-state index in [1.165, 1.54) is 178 Å². The molecule has 2 rings (SSSR count). The predicted molar refractivity (Wildman–Crippen MR) is 247 cm³/mol. The largest absolute Gasteiger partial charge is 0.508 e. The number of ether oxygens (including phenoxy) is 2. The fourth-order valence-corrected chi connectivity index (χ4v) is 7.86. The van der Waals surface area contributed by atoms with Crippen LogP contribution in [-0.4, -0.2) is 35.4 Å². The Morgan fingerprint density at radius 3 is 0.847 bits per heavy atom. The van der Waals surface area contributed by atoms with Crippen molar-refractivity contribution in [3.8, 4) is 11.5 Å². The highest BCUT2D eigenvalue weighted by molar-refractivity contribution is 5.69. The standard InChI is InChI=1S/C53H88O6/c1-53(2,45-58-51(56)35-31-27-23-19-15-11-7-3-5-9-13-17-21-25-29-33-47-37-41-49(54)42-38-47)46-59-52(57)36-32-28-24-20-16-12-8-4-6-10-14-18-22-26-30-34-48-39-43-50(55)44-40-48/h37-44,54-55H,3-36,45-46H2,1-2H3. The smallest absolute Gasteiger partial charge is 0.305 e. The van der Waals surface area contributed by atoms with Crippen molar-refractivity contribution in [2.75, 3.05) is 13.2 Å². The molecule has 0 aliphatic carbocycles. The van der Waals surface area contributed by atoms with Crippen LogP contribution >= 0.6 is 0 Å². The number of hydrogen-bond acceptors (Lipinski definition) is 6. The molecule has 59 heavy (non-hydrogen) atoms. The third kappa shape index (κ3) is 32.4. The first-order valence-corrected chi connectivity index (χ1v) is 24.6. The summed E-state index contributed by atoms with van der Waals surface area (Å²) in [6.07, 6.45) is 41.3. The van der Waals surface area contributed by atoms with Crippen LogP contribution in [-0.2, 0) is 31.9 Å². The molecule has 0 radical (unpaired) electrons. The molecule has 0 saturated heterocycles. The molecule has 0 amide bonds. The molecule has 6 heteroatoms. The van der Waals surface area contributed by atoms with Crippen LogP contribution in [0.15, 0.2) is 48.5 Å². The van der Waals surface area contributed by atoms with Gasteiger partial charge >= 0.3 is 11.9 Å². The van der Waals surface area contributed by atoms with Crippen molar-refractivity contribution >= 4 is 11.9 Å². The minimum atomic E-state index is -0.377. The SMILES string of the molecule is CC(C)(COC(=O)CCCCCCCCCCCCCCCCCc1ccc(O)cc1)COC(=O)CCCCCCCCCCCCCCCCCc1ccc(O)cc1. The summed E-state index contributed by atoms with van der Waals surface area (Å²) in [5.74, 6) is 0.420. The van der Waals surface area contributed by atoms with E-state index in [0.717, 1.165) is 38.5 Å². The van der Waals surface area contributed by atoms with Crippen molar-refractivity contribution in [1.82, 2.24) is 0 Å². The minimum Gasteiger partial charge on any atom is -0.508 e. The second-order valence-corrected chi connectivity index (χ2v) is 18.4. The summed E-state index contributed by atoms with van der Waals surface area (Å²) in [6, 6.07) is 15.2. The Labute approximate surface area is 362 Å². The van der Waals surface area contributed by atoms with Crippen molar-refractivity contribution in [3.05, 3.63) is 59.7 Å². The van der Waals surface area contributed by atoms with Gasteiger partial charge in [-0.05, 0) is 73.9 Å². The molecule has 0 aromatic heterocycles. The van der Waals surface area contributed by atoms with Gasteiger partial charge in [-0.1, -0.05) is 205 Å². The fraction of sp³-hybridized carbons (Fsp3) is 0.736. The maximum Gasteiger partial charge on any atom is 0.305 e. The average molecular weight is 821 g/mol. The number of aromatic hydroxyl groups is 2. The monoisotopic (exact) mass is 821 g/mol. The lowest BCUT2D eigenvalue weighted by Crippen LogP contribution is -2.28. The zero-order valence-corrected chi connectivity index (χ0v) is 38.1. The molecule has 0 aliphatic rings. The van der Waals surface area contributed by atoms with Crippen LogP contribution in [0.3, 0.4) is 0 Å². The topological polar surface area (TPSA) is 93.1 Å². The number of carbonyl (C=O) groups excluding carboxylic acids is 2. The lowest BCUT2D eigenvalue weighted by molar-refractivity contribution is -0.152.